The van der Waals surface area contributed by atoms with Crippen LogP contribution in [0.25, 0.3) is 22.2 Å². The van der Waals surface area contributed by atoms with Crippen molar-refractivity contribution in [2.75, 3.05) is 4.90 Å². The topological polar surface area (TPSA) is 87.6 Å². The molecule has 2 amide bonds. The Bertz CT molecular complexity index is 1290. The predicted octanol–water partition coefficient (Wildman–Crippen LogP) is 4.79. The molecular weight excluding hydrogens is 428 g/mol. The van der Waals surface area contributed by atoms with E-state index in [-0.39, 0.29) is 29.2 Å². The smallest absolute Gasteiger partial charge is 0.336 e. The van der Waals surface area contributed by atoms with Gasteiger partial charge in [0.25, 0.3) is 0 Å². The molecule has 0 spiro atoms. The zero-order chi connectivity index (χ0) is 22.1. The summed E-state index contributed by atoms with van der Waals surface area (Å²) in [6, 6.07) is 13.5. The number of hydrogen-bond donors (Lipinski definition) is 1. The summed E-state index contributed by atoms with van der Waals surface area (Å²) in [6.45, 7) is 0. The van der Waals surface area contributed by atoms with Gasteiger partial charge < -0.3 is 5.11 Å². The normalized spacial score (nSPS) is 26.2. The van der Waals surface area contributed by atoms with Gasteiger partial charge in [-0.1, -0.05) is 35.9 Å². The summed E-state index contributed by atoms with van der Waals surface area (Å²) in [5, 5.41) is 10.5. The van der Waals surface area contributed by atoms with Gasteiger partial charge in [-0.05, 0) is 55.4 Å². The number of benzene rings is 2. The summed E-state index contributed by atoms with van der Waals surface area (Å²) < 4.78 is 0. The van der Waals surface area contributed by atoms with Crippen LogP contribution in [0, 0.1) is 23.7 Å². The van der Waals surface area contributed by atoms with Crippen LogP contribution in [0.3, 0.4) is 0 Å². The van der Waals surface area contributed by atoms with Crippen LogP contribution >= 0.6 is 11.6 Å². The number of carbonyl (C=O) groups is 3. The highest BCUT2D eigenvalue weighted by Crippen LogP contribution is 2.56. The van der Waals surface area contributed by atoms with E-state index >= 15 is 0 Å². The summed E-state index contributed by atoms with van der Waals surface area (Å²) in [4.78, 5) is 43.9. The van der Waals surface area contributed by atoms with Gasteiger partial charge in [0.15, 0.2) is 0 Å². The van der Waals surface area contributed by atoms with Crippen LogP contribution in [0.2, 0.25) is 5.02 Å². The molecule has 2 heterocycles. The van der Waals surface area contributed by atoms with E-state index in [9.17, 15) is 19.5 Å². The van der Waals surface area contributed by atoms with Crippen molar-refractivity contribution in [3.05, 3.63) is 59.1 Å². The van der Waals surface area contributed by atoms with Crippen molar-refractivity contribution in [2.45, 2.75) is 19.3 Å². The number of rotatable bonds is 3. The maximum absolute atomic E-state index is 13.1. The van der Waals surface area contributed by atoms with Crippen LogP contribution in [-0.2, 0) is 9.59 Å². The molecule has 3 aliphatic rings. The molecule has 4 unspecified atom stereocenters. The number of anilines is 1. The minimum Gasteiger partial charge on any atom is -0.478 e. The molecule has 160 valence electrons. The van der Waals surface area contributed by atoms with Crippen LogP contribution < -0.4 is 4.90 Å². The molecule has 2 bridgehead atoms. The van der Waals surface area contributed by atoms with E-state index in [4.69, 9.17) is 11.6 Å². The van der Waals surface area contributed by atoms with E-state index in [2.05, 4.69) is 4.98 Å². The van der Waals surface area contributed by atoms with Gasteiger partial charge in [-0.2, -0.15) is 0 Å². The monoisotopic (exact) mass is 446 g/mol. The Hall–Kier alpha value is -3.25. The Morgan fingerprint density at radius 1 is 1.00 bits per heavy atom. The molecule has 0 radical (unpaired) electrons. The Morgan fingerprint density at radius 3 is 2.28 bits per heavy atom. The number of carbonyl (C=O) groups excluding carboxylic acids is 2. The lowest BCUT2D eigenvalue weighted by atomic mass is 9.81. The second-order valence-corrected chi connectivity index (χ2v) is 9.35. The Kier molecular flexibility index (Phi) is 4.17. The number of pyridine rings is 1. The second-order valence-electron chi connectivity index (χ2n) is 8.94. The highest BCUT2D eigenvalue weighted by Gasteiger charge is 2.61. The Balaban J connectivity index is 1.37. The van der Waals surface area contributed by atoms with Crippen molar-refractivity contribution in [1.29, 1.82) is 0 Å². The molecule has 4 atom stereocenters. The first-order valence-corrected chi connectivity index (χ1v) is 11.1. The largest absolute Gasteiger partial charge is 0.478 e. The number of imide groups is 1. The molecule has 32 heavy (non-hydrogen) atoms. The average molecular weight is 447 g/mol. The van der Waals surface area contributed by atoms with Crippen molar-refractivity contribution in [1.82, 2.24) is 4.98 Å². The first-order valence-electron chi connectivity index (χ1n) is 10.7. The van der Waals surface area contributed by atoms with Crippen LogP contribution in [0.1, 0.15) is 29.6 Å². The minimum absolute atomic E-state index is 0.0799. The lowest BCUT2D eigenvalue weighted by Gasteiger charge is -2.19. The number of fused-ring (bicyclic) bond motifs is 6. The van der Waals surface area contributed by atoms with Gasteiger partial charge >= 0.3 is 5.97 Å². The number of aromatic nitrogens is 1. The van der Waals surface area contributed by atoms with Gasteiger partial charge in [0.05, 0.1) is 39.3 Å². The molecule has 7 heteroatoms. The molecule has 1 aliphatic heterocycles. The third-order valence-corrected chi connectivity index (χ3v) is 7.67. The molecular formula is C25H19ClN2O4. The fourth-order valence-corrected chi connectivity index (χ4v) is 6.20. The summed E-state index contributed by atoms with van der Waals surface area (Å²) in [5.41, 5.74) is 2.22. The Morgan fingerprint density at radius 2 is 1.66 bits per heavy atom. The fraction of sp³-hybridized carbons (Fsp3) is 0.280. The molecule has 3 aromatic rings. The highest BCUT2D eigenvalue weighted by molar-refractivity contribution is 6.35. The number of carboxylic acid groups (broad SMARTS) is 1. The molecule has 1 N–H and O–H groups in total. The van der Waals surface area contributed by atoms with Crippen molar-refractivity contribution in [3.63, 3.8) is 0 Å². The number of halogens is 1. The molecule has 3 fully saturated rings. The molecule has 2 saturated carbocycles. The van der Waals surface area contributed by atoms with Crippen molar-refractivity contribution < 1.29 is 19.5 Å². The fourth-order valence-electron chi connectivity index (χ4n) is 5.98. The number of aromatic carboxylic acids is 1. The van der Waals surface area contributed by atoms with Crippen LogP contribution in [0.5, 0.6) is 0 Å². The SMILES string of the molecule is O=C(O)c1cc(-c2ccc(N3C(=O)C4C5CCC(C5)C4C3=O)cc2)nc2c(Cl)cccc12. The minimum atomic E-state index is -1.06. The van der Waals surface area contributed by atoms with Crippen molar-refractivity contribution in [2.24, 2.45) is 23.7 Å². The van der Waals surface area contributed by atoms with Gasteiger partial charge in [0, 0.05) is 10.9 Å². The second kappa shape index (κ2) is 6.87. The number of amides is 2. The van der Waals surface area contributed by atoms with Gasteiger partial charge in [0.2, 0.25) is 11.8 Å². The maximum atomic E-state index is 13.1. The maximum Gasteiger partial charge on any atom is 0.336 e. The Labute approximate surface area is 188 Å². The predicted molar refractivity (Wildman–Crippen MR) is 119 cm³/mol. The number of para-hydroxylation sites is 1. The molecule has 1 aromatic heterocycles. The zero-order valence-corrected chi connectivity index (χ0v) is 17.7. The lowest BCUT2D eigenvalue weighted by Crippen LogP contribution is -2.32. The molecule has 1 saturated heterocycles. The standard InChI is InChI=1S/C25H19ClN2O4/c26-18-3-1-2-16-17(25(31)32)11-19(27-22(16)18)12-6-8-15(9-7-12)28-23(29)20-13-4-5-14(10-13)21(20)24(28)30/h1-3,6-9,11,13-14,20-21H,4-5,10H2,(H,31,32). The van der Waals surface area contributed by atoms with E-state index in [1.807, 2.05) is 0 Å². The van der Waals surface area contributed by atoms with Gasteiger partial charge in [0.1, 0.15) is 0 Å². The molecule has 2 aromatic carbocycles. The van der Waals surface area contributed by atoms with Gasteiger partial charge in [-0.15, -0.1) is 0 Å². The third-order valence-electron chi connectivity index (χ3n) is 7.37. The van der Waals surface area contributed by atoms with Gasteiger partial charge in [-0.25, -0.2) is 9.78 Å². The van der Waals surface area contributed by atoms with Crippen LogP contribution in [0.15, 0.2) is 48.5 Å². The van der Waals surface area contributed by atoms with E-state index in [1.54, 1.807) is 42.5 Å². The quantitative estimate of drug-likeness (QED) is 0.584. The number of hydrogen-bond acceptors (Lipinski definition) is 4. The number of carboxylic acids is 1. The summed E-state index contributed by atoms with van der Waals surface area (Å²) in [6.07, 6.45) is 3.08. The number of nitrogens with zero attached hydrogens (tertiary/aromatic N) is 2. The average Bonchev–Trinajstić information content (AvgIpc) is 3.47. The third kappa shape index (κ3) is 2.65. The van der Waals surface area contributed by atoms with E-state index in [0.717, 1.165) is 19.3 Å². The van der Waals surface area contributed by atoms with Crippen LogP contribution in [0.4, 0.5) is 5.69 Å². The van der Waals surface area contributed by atoms with Crippen molar-refractivity contribution >= 4 is 46.0 Å². The van der Waals surface area contributed by atoms with E-state index in [0.29, 0.717) is 44.7 Å². The summed E-state index contributed by atoms with van der Waals surface area (Å²) in [5.74, 6) is -0.871. The summed E-state index contributed by atoms with van der Waals surface area (Å²) >= 11 is 6.27. The molecule has 6 nitrogen and oxygen atoms in total. The van der Waals surface area contributed by atoms with Gasteiger partial charge in [-0.3, -0.25) is 14.5 Å². The zero-order valence-electron chi connectivity index (χ0n) is 17.0. The first kappa shape index (κ1) is 19.4. The molecule has 2 aliphatic carbocycles. The van der Waals surface area contributed by atoms with E-state index in [1.165, 1.54) is 11.0 Å². The highest BCUT2D eigenvalue weighted by atomic mass is 35.5. The van der Waals surface area contributed by atoms with Crippen molar-refractivity contribution in [3.8, 4) is 11.3 Å². The molecule has 6 rings (SSSR count). The van der Waals surface area contributed by atoms with E-state index < -0.39 is 5.97 Å². The lowest BCUT2D eigenvalue weighted by molar-refractivity contribution is -0.123. The first-order chi connectivity index (χ1) is 15.4. The summed E-state index contributed by atoms with van der Waals surface area (Å²) in [7, 11) is 0. The van der Waals surface area contributed by atoms with Crippen LogP contribution in [-0.4, -0.2) is 27.9 Å².